The number of thiophene rings is 1. The Morgan fingerprint density at radius 2 is 2.08 bits per heavy atom. The Kier molecular flexibility index (Phi) is 8.39. The lowest BCUT2D eigenvalue weighted by Crippen LogP contribution is -2.22. The smallest absolute Gasteiger partial charge is 0.316 e. The monoisotopic (exact) mass is 392 g/mol. The summed E-state index contributed by atoms with van der Waals surface area (Å²) in [5, 5.41) is 13.4. The minimum atomic E-state index is -0.413. The largest absolute Gasteiger partial charge is 0.455 e. The molecule has 1 aromatic carbocycles. The number of anilines is 1. The Labute approximate surface area is 158 Å². The molecule has 1 amide bonds. The average molecular weight is 393 g/mol. The van der Waals surface area contributed by atoms with Crippen LogP contribution in [0.2, 0.25) is 0 Å². The van der Waals surface area contributed by atoms with E-state index >= 15 is 0 Å². The van der Waals surface area contributed by atoms with Gasteiger partial charge in [0.15, 0.2) is 6.61 Å². The molecule has 2 rings (SSSR count). The standard InChI is InChI=1S/C17H16N2O3S3/c18-7-9-25-15-6-2-1-5-14(15)19-16(20)10-22-17(21)12-23-11-13-4-3-8-24-13/h1-6,8H,9-12H2,(H,19,20). The van der Waals surface area contributed by atoms with E-state index in [0.29, 0.717) is 11.4 Å². The van der Waals surface area contributed by atoms with Crippen LogP contribution in [0.5, 0.6) is 0 Å². The van der Waals surface area contributed by atoms with Crippen molar-refractivity contribution in [2.75, 3.05) is 23.4 Å². The molecule has 0 saturated carbocycles. The van der Waals surface area contributed by atoms with Crippen molar-refractivity contribution in [3.05, 3.63) is 46.7 Å². The Bertz CT molecular complexity index is 742. The van der Waals surface area contributed by atoms with Gasteiger partial charge in [-0.25, -0.2) is 0 Å². The summed E-state index contributed by atoms with van der Waals surface area (Å²) in [5.74, 6) is 0.441. The van der Waals surface area contributed by atoms with Crippen molar-refractivity contribution in [3.8, 4) is 6.07 Å². The first kappa shape index (κ1) is 19.4. The lowest BCUT2D eigenvalue weighted by atomic mass is 10.3. The van der Waals surface area contributed by atoms with Gasteiger partial charge in [-0.05, 0) is 23.6 Å². The van der Waals surface area contributed by atoms with E-state index in [-0.39, 0.29) is 12.4 Å². The molecule has 0 aliphatic rings. The number of thioether (sulfide) groups is 2. The molecule has 0 fully saturated rings. The van der Waals surface area contributed by atoms with Crippen LogP contribution < -0.4 is 5.32 Å². The second-order valence-electron chi connectivity index (χ2n) is 4.72. The van der Waals surface area contributed by atoms with E-state index in [1.807, 2.05) is 35.7 Å². The molecule has 0 aliphatic carbocycles. The van der Waals surface area contributed by atoms with Crippen LogP contribution in [-0.2, 0) is 20.1 Å². The summed E-state index contributed by atoms with van der Waals surface area (Å²) < 4.78 is 4.99. The molecular weight excluding hydrogens is 376 g/mol. The minimum absolute atomic E-state index is 0.208. The molecule has 0 radical (unpaired) electrons. The van der Waals surface area contributed by atoms with Gasteiger partial charge in [-0.1, -0.05) is 18.2 Å². The summed E-state index contributed by atoms with van der Waals surface area (Å²) in [7, 11) is 0. The molecule has 1 heterocycles. The molecule has 0 saturated heterocycles. The summed E-state index contributed by atoms with van der Waals surface area (Å²) in [6.07, 6.45) is 0. The maximum Gasteiger partial charge on any atom is 0.316 e. The Hall–Kier alpha value is -1.95. The van der Waals surface area contributed by atoms with Crippen LogP contribution in [0.15, 0.2) is 46.7 Å². The second-order valence-corrected chi connectivity index (χ2v) is 7.76. The first-order chi connectivity index (χ1) is 12.2. The van der Waals surface area contributed by atoms with E-state index in [1.165, 1.54) is 28.4 Å². The van der Waals surface area contributed by atoms with Crippen molar-refractivity contribution < 1.29 is 14.3 Å². The number of nitrogens with zero attached hydrogens (tertiary/aromatic N) is 1. The van der Waals surface area contributed by atoms with Gasteiger partial charge in [0.05, 0.1) is 23.3 Å². The maximum atomic E-state index is 11.9. The van der Waals surface area contributed by atoms with Crippen LogP contribution >= 0.6 is 34.9 Å². The zero-order chi connectivity index (χ0) is 17.9. The molecule has 1 N–H and O–H groups in total. The fourth-order valence-corrected chi connectivity index (χ4v) is 4.14. The predicted octanol–water partition coefficient (Wildman–Crippen LogP) is 3.78. The predicted molar refractivity (Wildman–Crippen MR) is 103 cm³/mol. The molecule has 5 nitrogen and oxygen atoms in total. The minimum Gasteiger partial charge on any atom is -0.455 e. The second kappa shape index (κ2) is 10.8. The van der Waals surface area contributed by atoms with Crippen molar-refractivity contribution in [1.82, 2.24) is 0 Å². The van der Waals surface area contributed by atoms with E-state index in [4.69, 9.17) is 10.00 Å². The lowest BCUT2D eigenvalue weighted by Gasteiger charge is -2.10. The third-order valence-electron chi connectivity index (χ3n) is 2.86. The summed E-state index contributed by atoms with van der Waals surface area (Å²) >= 11 is 4.44. The van der Waals surface area contributed by atoms with E-state index in [1.54, 1.807) is 23.5 Å². The molecule has 0 aliphatic heterocycles. The highest BCUT2D eigenvalue weighted by molar-refractivity contribution is 7.99. The number of carbonyl (C=O) groups is 2. The number of hydrogen-bond acceptors (Lipinski definition) is 7. The highest BCUT2D eigenvalue weighted by atomic mass is 32.2. The van der Waals surface area contributed by atoms with Gasteiger partial charge in [-0.3, -0.25) is 9.59 Å². The van der Waals surface area contributed by atoms with Gasteiger partial charge in [-0.2, -0.15) is 5.26 Å². The molecule has 2 aromatic rings. The number of nitrogens with one attached hydrogen (secondary N) is 1. The third-order valence-corrected chi connectivity index (χ3v) is 5.82. The average Bonchev–Trinajstić information content (AvgIpc) is 3.13. The van der Waals surface area contributed by atoms with Gasteiger partial charge >= 0.3 is 5.97 Å². The molecule has 130 valence electrons. The van der Waals surface area contributed by atoms with Gasteiger partial charge in [0.25, 0.3) is 5.91 Å². The van der Waals surface area contributed by atoms with Gasteiger partial charge in [0, 0.05) is 15.5 Å². The molecule has 0 spiro atoms. The van der Waals surface area contributed by atoms with Crippen LogP contribution in [0.25, 0.3) is 0 Å². The first-order valence-corrected chi connectivity index (χ1v) is 10.4. The molecule has 0 bridgehead atoms. The highest BCUT2D eigenvalue weighted by Gasteiger charge is 2.10. The summed E-state index contributed by atoms with van der Waals surface area (Å²) in [6.45, 7) is -0.324. The van der Waals surface area contributed by atoms with Crippen molar-refractivity contribution in [3.63, 3.8) is 0 Å². The van der Waals surface area contributed by atoms with E-state index < -0.39 is 11.9 Å². The summed E-state index contributed by atoms with van der Waals surface area (Å²) in [6, 6.07) is 13.2. The van der Waals surface area contributed by atoms with Crippen LogP contribution in [0.1, 0.15) is 4.88 Å². The van der Waals surface area contributed by atoms with Crippen molar-refractivity contribution in [2.45, 2.75) is 10.6 Å². The SMILES string of the molecule is N#CCSc1ccccc1NC(=O)COC(=O)CSCc1cccs1. The number of rotatable bonds is 9. The van der Waals surface area contributed by atoms with Crippen LogP contribution in [0.3, 0.4) is 0 Å². The number of amides is 1. The summed E-state index contributed by atoms with van der Waals surface area (Å²) in [5.41, 5.74) is 0.607. The number of nitriles is 1. The molecule has 1 aromatic heterocycles. The third kappa shape index (κ3) is 7.22. The van der Waals surface area contributed by atoms with Crippen molar-refractivity contribution >= 4 is 52.4 Å². The fraction of sp³-hybridized carbons (Fsp3) is 0.235. The van der Waals surface area contributed by atoms with Gasteiger partial charge in [-0.15, -0.1) is 34.9 Å². The molecular formula is C17H16N2O3S3. The Balaban J connectivity index is 1.71. The number of ether oxygens (including phenoxy) is 1. The van der Waals surface area contributed by atoms with Crippen LogP contribution in [0.4, 0.5) is 5.69 Å². The lowest BCUT2D eigenvalue weighted by molar-refractivity contribution is -0.144. The molecule has 0 unspecified atom stereocenters. The Morgan fingerprint density at radius 1 is 1.24 bits per heavy atom. The van der Waals surface area contributed by atoms with Gasteiger partial charge in [0.1, 0.15) is 0 Å². The van der Waals surface area contributed by atoms with Crippen LogP contribution in [0, 0.1) is 11.3 Å². The topological polar surface area (TPSA) is 79.2 Å². The Morgan fingerprint density at radius 3 is 2.84 bits per heavy atom. The number of carbonyl (C=O) groups excluding carboxylic acids is 2. The number of benzene rings is 1. The van der Waals surface area contributed by atoms with Crippen molar-refractivity contribution in [2.24, 2.45) is 0 Å². The maximum absolute atomic E-state index is 11.9. The van der Waals surface area contributed by atoms with Gasteiger partial charge < -0.3 is 10.1 Å². The first-order valence-electron chi connectivity index (χ1n) is 7.33. The number of hydrogen-bond donors (Lipinski definition) is 1. The van der Waals surface area contributed by atoms with E-state index in [2.05, 4.69) is 5.32 Å². The van der Waals surface area contributed by atoms with Crippen LogP contribution in [-0.4, -0.2) is 30.0 Å². The zero-order valence-electron chi connectivity index (χ0n) is 13.3. The summed E-state index contributed by atoms with van der Waals surface area (Å²) in [4.78, 5) is 25.6. The normalized spacial score (nSPS) is 10.0. The van der Waals surface area contributed by atoms with E-state index in [0.717, 1.165) is 10.6 Å². The zero-order valence-corrected chi connectivity index (χ0v) is 15.7. The quantitative estimate of drug-likeness (QED) is 0.517. The van der Waals surface area contributed by atoms with Crippen molar-refractivity contribution in [1.29, 1.82) is 5.26 Å². The molecule has 25 heavy (non-hydrogen) atoms. The highest BCUT2D eigenvalue weighted by Crippen LogP contribution is 2.26. The number of para-hydroxylation sites is 1. The molecule has 8 heteroatoms. The van der Waals surface area contributed by atoms with E-state index in [9.17, 15) is 9.59 Å². The fourth-order valence-electron chi connectivity index (χ4n) is 1.81. The van der Waals surface area contributed by atoms with Gasteiger partial charge in [0.2, 0.25) is 0 Å². The molecule has 0 atom stereocenters. The number of esters is 1.